The second kappa shape index (κ2) is 3.89. The molecule has 0 amide bonds. The van der Waals surface area contributed by atoms with Crippen LogP contribution in [-0.4, -0.2) is 17.4 Å². The number of carbonyl (C=O) groups excluding carboxylic acids is 1. The fourth-order valence-corrected chi connectivity index (χ4v) is 1.89. The van der Waals surface area contributed by atoms with Crippen LogP contribution < -0.4 is 5.73 Å². The average molecular weight is 244 g/mol. The molecule has 0 saturated carbocycles. The van der Waals surface area contributed by atoms with E-state index >= 15 is 0 Å². The molecule has 0 unspecified atom stereocenters. The molecule has 1 rings (SSSR count). The van der Waals surface area contributed by atoms with Gasteiger partial charge in [-0.3, -0.25) is 4.79 Å². The van der Waals surface area contributed by atoms with E-state index in [4.69, 9.17) is 5.73 Å². The number of hydrogen-bond acceptors (Lipinski definition) is 3. The molecule has 4 heteroatoms. The Bertz CT molecular complexity index is 326. The van der Waals surface area contributed by atoms with Crippen molar-refractivity contribution >= 4 is 21.7 Å². The number of aromatic hydroxyl groups is 1. The summed E-state index contributed by atoms with van der Waals surface area (Å²) < 4.78 is 0.584. The van der Waals surface area contributed by atoms with Crippen molar-refractivity contribution in [2.75, 3.05) is 6.54 Å². The molecule has 1 aromatic rings. The number of ketones is 1. The van der Waals surface area contributed by atoms with Gasteiger partial charge in [0, 0.05) is 4.47 Å². The van der Waals surface area contributed by atoms with E-state index in [-0.39, 0.29) is 23.6 Å². The molecule has 0 aliphatic carbocycles. The van der Waals surface area contributed by atoms with Gasteiger partial charge in [0.05, 0.1) is 12.1 Å². The van der Waals surface area contributed by atoms with Gasteiger partial charge in [-0.1, -0.05) is 0 Å². The van der Waals surface area contributed by atoms with E-state index in [1.807, 2.05) is 6.92 Å². The number of rotatable bonds is 2. The fourth-order valence-electron chi connectivity index (χ4n) is 1.10. The SMILES string of the molecule is Cc1cc(O)c(C(=O)CN)c(Br)c1. The zero-order chi connectivity index (χ0) is 10.0. The number of Topliss-reactive ketones (excluding diaryl/α,β-unsaturated/α-hetero) is 1. The smallest absolute Gasteiger partial charge is 0.181 e. The summed E-state index contributed by atoms with van der Waals surface area (Å²) in [5.74, 6) is -0.299. The molecule has 70 valence electrons. The monoisotopic (exact) mass is 243 g/mol. The number of phenols is 1. The zero-order valence-corrected chi connectivity index (χ0v) is 8.76. The van der Waals surface area contributed by atoms with Gasteiger partial charge in [-0.2, -0.15) is 0 Å². The summed E-state index contributed by atoms with van der Waals surface area (Å²) in [6, 6.07) is 3.30. The summed E-state index contributed by atoms with van der Waals surface area (Å²) in [4.78, 5) is 11.3. The van der Waals surface area contributed by atoms with Gasteiger partial charge in [-0.15, -0.1) is 0 Å². The van der Waals surface area contributed by atoms with E-state index in [1.54, 1.807) is 6.07 Å². The maximum absolute atomic E-state index is 11.3. The Morgan fingerprint density at radius 2 is 2.23 bits per heavy atom. The molecule has 0 fully saturated rings. The van der Waals surface area contributed by atoms with Crippen molar-refractivity contribution in [1.82, 2.24) is 0 Å². The first-order chi connectivity index (χ1) is 6.06. The topological polar surface area (TPSA) is 63.3 Å². The summed E-state index contributed by atoms with van der Waals surface area (Å²) >= 11 is 3.20. The molecule has 0 spiro atoms. The summed E-state index contributed by atoms with van der Waals surface area (Å²) in [6.07, 6.45) is 0. The number of hydrogen-bond donors (Lipinski definition) is 2. The molecule has 0 aliphatic heterocycles. The number of carbonyl (C=O) groups is 1. The predicted octanol–water partition coefficient (Wildman–Crippen LogP) is 1.60. The lowest BCUT2D eigenvalue weighted by molar-refractivity contribution is 0.0998. The van der Waals surface area contributed by atoms with Gasteiger partial charge in [0.25, 0.3) is 0 Å². The molecule has 1 aromatic carbocycles. The summed E-state index contributed by atoms with van der Waals surface area (Å²) in [5, 5.41) is 9.47. The van der Waals surface area contributed by atoms with Gasteiger partial charge in [0.15, 0.2) is 5.78 Å². The number of halogens is 1. The van der Waals surface area contributed by atoms with Crippen molar-refractivity contribution in [1.29, 1.82) is 0 Å². The van der Waals surface area contributed by atoms with Gasteiger partial charge >= 0.3 is 0 Å². The summed E-state index contributed by atoms with van der Waals surface area (Å²) in [6.45, 7) is 1.73. The van der Waals surface area contributed by atoms with E-state index in [2.05, 4.69) is 15.9 Å². The summed E-state index contributed by atoms with van der Waals surface area (Å²) in [5.41, 5.74) is 6.34. The minimum Gasteiger partial charge on any atom is -0.507 e. The number of phenolic OH excluding ortho intramolecular Hbond substituents is 1. The Kier molecular flexibility index (Phi) is 3.06. The van der Waals surface area contributed by atoms with Crippen LogP contribution >= 0.6 is 15.9 Å². The van der Waals surface area contributed by atoms with Gasteiger partial charge in [-0.25, -0.2) is 0 Å². The molecule has 0 heterocycles. The van der Waals surface area contributed by atoms with Crippen molar-refractivity contribution < 1.29 is 9.90 Å². The normalized spacial score (nSPS) is 10.1. The maximum atomic E-state index is 11.3. The van der Waals surface area contributed by atoms with Gasteiger partial charge < -0.3 is 10.8 Å². The van der Waals surface area contributed by atoms with Crippen LogP contribution in [0.15, 0.2) is 16.6 Å². The van der Waals surface area contributed by atoms with Crippen LogP contribution in [0.4, 0.5) is 0 Å². The third kappa shape index (κ3) is 2.08. The number of benzene rings is 1. The Morgan fingerprint density at radius 3 is 2.69 bits per heavy atom. The van der Waals surface area contributed by atoms with E-state index in [9.17, 15) is 9.90 Å². The quantitative estimate of drug-likeness (QED) is 0.776. The molecular weight excluding hydrogens is 234 g/mol. The van der Waals surface area contributed by atoms with E-state index < -0.39 is 0 Å². The fraction of sp³-hybridized carbons (Fsp3) is 0.222. The van der Waals surface area contributed by atoms with Crippen molar-refractivity contribution in [3.8, 4) is 5.75 Å². The van der Waals surface area contributed by atoms with E-state index in [0.717, 1.165) is 5.56 Å². The second-order valence-electron chi connectivity index (χ2n) is 2.77. The molecule has 13 heavy (non-hydrogen) atoms. The van der Waals surface area contributed by atoms with E-state index in [1.165, 1.54) is 6.07 Å². The molecule has 0 saturated heterocycles. The molecule has 3 nitrogen and oxygen atoms in total. The lowest BCUT2D eigenvalue weighted by Gasteiger charge is -2.05. The summed E-state index contributed by atoms with van der Waals surface area (Å²) in [7, 11) is 0. The first kappa shape index (κ1) is 10.2. The number of nitrogens with two attached hydrogens (primary N) is 1. The van der Waals surface area contributed by atoms with Gasteiger partial charge in [0.2, 0.25) is 0 Å². The third-order valence-corrected chi connectivity index (χ3v) is 2.30. The molecule has 0 atom stereocenters. The zero-order valence-electron chi connectivity index (χ0n) is 7.17. The third-order valence-electron chi connectivity index (χ3n) is 1.68. The lowest BCUT2D eigenvalue weighted by Crippen LogP contribution is -2.14. The molecule has 0 aliphatic rings. The minimum absolute atomic E-state index is 0.0256. The van der Waals surface area contributed by atoms with Crippen molar-refractivity contribution in [2.45, 2.75) is 6.92 Å². The Hall–Kier alpha value is -0.870. The van der Waals surface area contributed by atoms with Crippen LogP contribution in [0, 0.1) is 6.92 Å². The molecule has 0 bridgehead atoms. The first-order valence-corrected chi connectivity index (χ1v) is 4.58. The first-order valence-electron chi connectivity index (χ1n) is 3.78. The highest BCUT2D eigenvalue weighted by atomic mass is 79.9. The van der Waals surface area contributed by atoms with Crippen molar-refractivity contribution in [2.24, 2.45) is 5.73 Å². The van der Waals surface area contributed by atoms with Crippen LogP contribution in [0.5, 0.6) is 5.75 Å². The van der Waals surface area contributed by atoms with Crippen molar-refractivity contribution in [3.05, 3.63) is 27.7 Å². The minimum atomic E-state index is -0.274. The second-order valence-corrected chi connectivity index (χ2v) is 3.62. The highest BCUT2D eigenvalue weighted by Gasteiger charge is 2.13. The molecule has 3 N–H and O–H groups in total. The highest BCUT2D eigenvalue weighted by molar-refractivity contribution is 9.10. The number of aryl methyl sites for hydroxylation is 1. The van der Waals surface area contributed by atoms with Crippen LogP contribution in [0.25, 0.3) is 0 Å². The van der Waals surface area contributed by atoms with Crippen LogP contribution in [0.1, 0.15) is 15.9 Å². The lowest BCUT2D eigenvalue weighted by atomic mass is 10.1. The highest BCUT2D eigenvalue weighted by Crippen LogP contribution is 2.27. The molecular formula is C9H10BrNO2. The van der Waals surface area contributed by atoms with Crippen LogP contribution in [-0.2, 0) is 0 Å². The van der Waals surface area contributed by atoms with E-state index in [0.29, 0.717) is 4.47 Å². The Labute approximate surface area is 84.7 Å². The standard InChI is InChI=1S/C9H10BrNO2/c1-5-2-6(10)9(7(12)3-5)8(13)4-11/h2-3,12H,4,11H2,1H3. The largest absolute Gasteiger partial charge is 0.507 e. The average Bonchev–Trinajstić information content (AvgIpc) is 2.02. The van der Waals surface area contributed by atoms with Crippen molar-refractivity contribution in [3.63, 3.8) is 0 Å². The van der Waals surface area contributed by atoms with Gasteiger partial charge in [-0.05, 0) is 40.5 Å². The maximum Gasteiger partial charge on any atom is 0.181 e. The predicted molar refractivity (Wildman–Crippen MR) is 53.9 cm³/mol. The molecule has 0 aromatic heterocycles. The Balaban J connectivity index is 3.28. The van der Waals surface area contributed by atoms with Gasteiger partial charge in [0.1, 0.15) is 5.75 Å². The van der Waals surface area contributed by atoms with Crippen LogP contribution in [0.3, 0.4) is 0 Å². The molecule has 0 radical (unpaired) electrons. The Morgan fingerprint density at radius 1 is 1.62 bits per heavy atom. The van der Waals surface area contributed by atoms with Crippen LogP contribution in [0.2, 0.25) is 0 Å².